The lowest BCUT2D eigenvalue weighted by molar-refractivity contribution is -0.124. The van der Waals surface area contributed by atoms with Crippen molar-refractivity contribution < 1.29 is 14.3 Å². The fourth-order valence-corrected chi connectivity index (χ4v) is 6.26. The minimum absolute atomic E-state index is 0.00447. The molecule has 7 heteroatoms. The molecule has 1 heterocycles. The summed E-state index contributed by atoms with van der Waals surface area (Å²) in [4.78, 5) is 21.3. The fraction of sp³-hybridized carbons (Fsp3) is 0.303. The zero-order valence-corrected chi connectivity index (χ0v) is 23.7. The maximum absolute atomic E-state index is 13.8. The first-order valence-corrected chi connectivity index (χ1v) is 14.6. The van der Waals surface area contributed by atoms with Crippen molar-refractivity contribution in [1.82, 2.24) is 4.90 Å². The van der Waals surface area contributed by atoms with Crippen LogP contribution in [-0.4, -0.2) is 28.6 Å². The van der Waals surface area contributed by atoms with Crippen LogP contribution in [0.5, 0.6) is 11.5 Å². The van der Waals surface area contributed by atoms with E-state index in [0.29, 0.717) is 34.5 Å². The first-order chi connectivity index (χ1) is 19.6. The van der Waals surface area contributed by atoms with Gasteiger partial charge in [-0.05, 0) is 79.4 Å². The molecule has 1 amide bonds. The first-order valence-electron chi connectivity index (χ1n) is 13.8. The van der Waals surface area contributed by atoms with Gasteiger partial charge in [0.1, 0.15) is 6.61 Å². The van der Waals surface area contributed by atoms with Crippen molar-refractivity contribution in [3.63, 3.8) is 0 Å². The number of carbonyl (C=O) groups excluding carboxylic acids is 1. The number of benzene rings is 3. The van der Waals surface area contributed by atoms with E-state index in [9.17, 15) is 10.1 Å². The number of rotatable bonds is 8. The highest BCUT2D eigenvalue weighted by atomic mass is 32.2. The maximum Gasteiger partial charge on any atom is 0.267 e. The smallest absolute Gasteiger partial charge is 0.267 e. The molecule has 0 bridgehead atoms. The van der Waals surface area contributed by atoms with Gasteiger partial charge in [-0.3, -0.25) is 9.69 Å². The van der Waals surface area contributed by atoms with E-state index in [-0.39, 0.29) is 18.6 Å². The van der Waals surface area contributed by atoms with Crippen LogP contribution in [0.3, 0.4) is 0 Å². The second-order valence-electron chi connectivity index (χ2n) is 10.0. The Hall–Kier alpha value is -4.02. The van der Waals surface area contributed by atoms with Crippen LogP contribution < -0.4 is 9.47 Å². The predicted molar refractivity (Wildman–Crippen MR) is 160 cm³/mol. The average Bonchev–Trinajstić information content (AvgIpc) is 3.27. The van der Waals surface area contributed by atoms with E-state index in [1.165, 1.54) is 18.2 Å². The number of nitrogens with zero attached hydrogens (tertiary/aromatic N) is 3. The van der Waals surface area contributed by atoms with Gasteiger partial charge in [-0.15, -0.1) is 0 Å². The van der Waals surface area contributed by atoms with Gasteiger partial charge < -0.3 is 9.47 Å². The van der Waals surface area contributed by atoms with Gasteiger partial charge in [0.2, 0.25) is 0 Å². The Labute approximate surface area is 240 Å². The van der Waals surface area contributed by atoms with Gasteiger partial charge in [0.05, 0.1) is 28.8 Å². The van der Waals surface area contributed by atoms with Gasteiger partial charge in [0.25, 0.3) is 5.91 Å². The van der Waals surface area contributed by atoms with E-state index in [1.54, 1.807) is 6.07 Å². The number of amidine groups is 1. The Morgan fingerprint density at radius 3 is 2.58 bits per heavy atom. The maximum atomic E-state index is 13.8. The monoisotopic (exact) mass is 551 g/mol. The molecule has 40 heavy (non-hydrogen) atoms. The van der Waals surface area contributed by atoms with Gasteiger partial charge in [0.15, 0.2) is 16.7 Å². The lowest BCUT2D eigenvalue weighted by Crippen LogP contribution is -2.44. The van der Waals surface area contributed by atoms with Crippen LogP contribution in [0.25, 0.3) is 6.08 Å². The van der Waals surface area contributed by atoms with Crippen LogP contribution in [0.4, 0.5) is 5.69 Å². The second kappa shape index (κ2) is 12.9. The van der Waals surface area contributed by atoms with Gasteiger partial charge in [0, 0.05) is 11.6 Å². The SMILES string of the molecule is CCOc1cc(/C=C2\SC(=Nc3ccccc3)N([C@H]3CCCC[C@H]3C)C2=O)ccc1OCc1ccccc1C#N. The van der Waals surface area contributed by atoms with Crippen molar-refractivity contribution in [2.24, 2.45) is 10.9 Å². The van der Waals surface area contributed by atoms with E-state index in [0.717, 1.165) is 41.2 Å². The van der Waals surface area contributed by atoms with Crippen molar-refractivity contribution in [2.45, 2.75) is 52.2 Å². The number of ether oxygens (including phenoxy) is 2. The van der Waals surface area contributed by atoms with E-state index in [4.69, 9.17) is 14.5 Å². The van der Waals surface area contributed by atoms with Crippen LogP contribution in [-0.2, 0) is 11.4 Å². The molecule has 1 aliphatic heterocycles. The first kappa shape index (κ1) is 27.5. The van der Waals surface area contributed by atoms with Crippen molar-refractivity contribution >= 4 is 34.6 Å². The molecule has 204 valence electrons. The summed E-state index contributed by atoms with van der Waals surface area (Å²) >= 11 is 1.43. The highest BCUT2D eigenvalue weighted by Crippen LogP contribution is 2.40. The van der Waals surface area contributed by atoms with Crippen LogP contribution in [0.2, 0.25) is 0 Å². The van der Waals surface area contributed by atoms with E-state index >= 15 is 0 Å². The third-order valence-corrected chi connectivity index (χ3v) is 8.29. The molecule has 3 aromatic rings. The Bertz CT molecular complexity index is 1460. The highest BCUT2D eigenvalue weighted by Gasteiger charge is 2.41. The Morgan fingerprint density at radius 1 is 1.02 bits per heavy atom. The van der Waals surface area contributed by atoms with Gasteiger partial charge >= 0.3 is 0 Å². The standard InChI is InChI=1S/C33H33N3O3S/c1-3-38-30-19-24(17-18-29(30)39-22-26-13-9-8-12-25(26)21-34)20-31-32(37)36(28-16-10-7-11-23(28)2)33(40-31)35-27-14-5-4-6-15-27/h4-6,8-9,12-15,17-20,23,28H,3,7,10-11,16,22H2,1-2H3/b31-20-,35-33?/t23-,28+/m1/s1. The normalized spacial score (nSPS) is 21.0. The summed E-state index contributed by atoms with van der Waals surface area (Å²) in [5.41, 5.74) is 3.09. The number of aliphatic imine (C=N–C) groups is 1. The van der Waals surface area contributed by atoms with Crippen molar-refractivity contribution in [1.29, 1.82) is 5.26 Å². The molecular weight excluding hydrogens is 518 g/mol. The van der Waals surface area contributed by atoms with E-state index in [2.05, 4.69) is 13.0 Å². The summed E-state index contributed by atoms with van der Waals surface area (Å²) in [5.74, 6) is 1.61. The Morgan fingerprint density at radius 2 is 1.80 bits per heavy atom. The molecule has 3 aromatic carbocycles. The fourth-order valence-electron chi connectivity index (χ4n) is 5.21. The number of nitriles is 1. The minimum Gasteiger partial charge on any atom is -0.490 e. The molecule has 6 nitrogen and oxygen atoms in total. The van der Waals surface area contributed by atoms with E-state index in [1.807, 2.05) is 84.6 Å². The zero-order chi connectivity index (χ0) is 27.9. The van der Waals surface area contributed by atoms with E-state index < -0.39 is 0 Å². The van der Waals surface area contributed by atoms with Crippen LogP contribution >= 0.6 is 11.8 Å². The molecule has 0 unspecified atom stereocenters. The summed E-state index contributed by atoms with van der Waals surface area (Å²) in [6.07, 6.45) is 6.35. The number of amides is 1. The molecular formula is C33H33N3O3S. The van der Waals surface area contributed by atoms with Crippen LogP contribution in [0.1, 0.15) is 56.2 Å². The summed E-state index contributed by atoms with van der Waals surface area (Å²) in [6, 6.07) is 25.2. The van der Waals surface area contributed by atoms with Crippen molar-refractivity contribution in [3.8, 4) is 17.6 Å². The Kier molecular flexibility index (Phi) is 8.87. The zero-order valence-electron chi connectivity index (χ0n) is 22.9. The van der Waals surface area contributed by atoms with Gasteiger partial charge in [-0.25, -0.2) is 4.99 Å². The number of thioether (sulfide) groups is 1. The number of para-hydroxylation sites is 1. The third kappa shape index (κ3) is 6.24. The molecule has 0 radical (unpaired) electrons. The largest absolute Gasteiger partial charge is 0.490 e. The van der Waals surface area contributed by atoms with Crippen LogP contribution in [0, 0.1) is 17.2 Å². The van der Waals surface area contributed by atoms with Crippen molar-refractivity contribution in [2.75, 3.05) is 6.61 Å². The molecule has 0 aromatic heterocycles. The summed E-state index contributed by atoms with van der Waals surface area (Å²) < 4.78 is 12.0. The number of hydrogen-bond donors (Lipinski definition) is 0. The summed E-state index contributed by atoms with van der Waals surface area (Å²) in [6.45, 7) is 4.89. The molecule has 2 fully saturated rings. The number of carbonyl (C=O) groups is 1. The highest BCUT2D eigenvalue weighted by molar-refractivity contribution is 8.18. The van der Waals surface area contributed by atoms with Crippen molar-refractivity contribution in [3.05, 3.63) is 94.4 Å². The summed E-state index contributed by atoms with van der Waals surface area (Å²) in [7, 11) is 0. The Balaban J connectivity index is 1.43. The molecule has 5 rings (SSSR count). The predicted octanol–water partition coefficient (Wildman–Crippen LogP) is 7.72. The molecule has 1 saturated heterocycles. The lowest BCUT2D eigenvalue weighted by atomic mass is 9.85. The molecule has 2 atom stereocenters. The average molecular weight is 552 g/mol. The van der Waals surface area contributed by atoms with Crippen LogP contribution in [0.15, 0.2) is 82.7 Å². The summed E-state index contributed by atoms with van der Waals surface area (Å²) in [5, 5.41) is 10.1. The van der Waals surface area contributed by atoms with Gasteiger partial charge in [-0.1, -0.05) is 62.2 Å². The second-order valence-corrected chi connectivity index (χ2v) is 11.1. The molecule has 0 spiro atoms. The molecule has 2 aliphatic rings. The number of hydrogen-bond acceptors (Lipinski definition) is 6. The van der Waals surface area contributed by atoms with Gasteiger partial charge in [-0.2, -0.15) is 5.26 Å². The quantitative estimate of drug-likeness (QED) is 0.268. The lowest BCUT2D eigenvalue weighted by Gasteiger charge is -2.35. The molecule has 1 aliphatic carbocycles. The molecule has 1 saturated carbocycles. The topological polar surface area (TPSA) is 74.9 Å². The molecule has 0 N–H and O–H groups in total. The third-order valence-electron chi connectivity index (χ3n) is 7.30. The minimum atomic E-state index is 0.00447.